The third-order valence-electron chi connectivity index (χ3n) is 11.2. The number of benzene rings is 10. The molecule has 10 aromatic rings. The summed E-state index contributed by atoms with van der Waals surface area (Å²) in [6.45, 7) is 0.830. The Kier molecular flexibility index (Phi) is 6.38. The van der Waals surface area contributed by atoms with Crippen molar-refractivity contribution in [3.05, 3.63) is 194 Å². The van der Waals surface area contributed by atoms with E-state index in [2.05, 4.69) is 193 Å². The molecule has 0 fully saturated rings. The van der Waals surface area contributed by atoms with Crippen molar-refractivity contribution < 1.29 is 0 Å². The van der Waals surface area contributed by atoms with Gasteiger partial charge in [0.25, 0.3) is 0 Å². The Morgan fingerprint density at radius 3 is 1.54 bits per heavy atom. The molecule has 1 aliphatic heterocycles. The van der Waals surface area contributed by atoms with Gasteiger partial charge in [-0.05, 0) is 118 Å². The summed E-state index contributed by atoms with van der Waals surface area (Å²) in [5.41, 5.74) is 11.3. The van der Waals surface area contributed by atoms with Crippen molar-refractivity contribution in [2.24, 2.45) is 0 Å². The number of fused-ring (bicyclic) bond motifs is 14. The Balaban J connectivity index is 1.14. The molecular formula is C51H33N. The Bertz CT molecular complexity index is 3030. The third-order valence-corrected chi connectivity index (χ3v) is 11.2. The average molecular weight is 660 g/mol. The normalized spacial score (nSPS) is 12.5. The van der Waals surface area contributed by atoms with Crippen LogP contribution in [0.4, 0.5) is 11.4 Å². The van der Waals surface area contributed by atoms with E-state index in [1.807, 2.05) is 0 Å². The SMILES string of the molecule is c1ccc(-c2cccc(N3Cc4ccccc4-c4cc(-c5ccc6c7ccccc7c7c8ccccc8c8ccccc8c7c6c5)ccc43)c2)cc1. The first kappa shape index (κ1) is 29.1. The highest BCUT2D eigenvalue weighted by Gasteiger charge is 2.24. The number of rotatable bonds is 3. The van der Waals surface area contributed by atoms with Crippen LogP contribution in [0.2, 0.25) is 0 Å². The molecule has 1 heteroatoms. The molecule has 0 aliphatic carbocycles. The van der Waals surface area contributed by atoms with Gasteiger partial charge in [0.2, 0.25) is 0 Å². The molecule has 0 unspecified atom stereocenters. The monoisotopic (exact) mass is 659 g/mol. The Labute approximate surface area is 302 Å². The van der Waals surface area contributed by atoms with Crippen LogP contribution < -0.4 is 4.90 Å². The minimum Gasteiger partial charge on any atom is -0.336 e. The van der Waals surface area contributed by atoms with Crippen molar-refractivity contribution in [3.63, 3.8) is 0 Å². The lowest BCUT2D eigenvalue weighted by Crippen LogP contribution is -2.21. The van der Waals surface area contributed by atoms with Crippen LogP contribution in [0.3, 0.4) is 0 Å². The predicted octanol–water partition coefficient (Wildman–Crippen LogP) is 14.1. The summed E-state index contributed by atoms with van der Waals surface area (Å²) in [5, 5.41) is 13.1. The van der Waals surface area contributed by atoms with Crippen LogP contribution in [0, 0.1) is 0 Å². The summed E-state index contributed by atoms with van der Waals surface area (Å²) in [6.07, 6.45) is 0. The van der Waals surface area contributed by atoms with E-state index in [-0.39, 0.29) is 0 Å². The standard InChI is InChI=1S/C51H33N/c1-2-13-33(14-3-1)34-16-12-17-38(29-34)52-32-37-15-4-5-18-39(37)47-30-36(26-28-49(47)52)35-25-27-43-42-21-8-10-23-45(42)50-44-22-9-6-19-40(44)41-20-7-11-24-46(41)51(50)48(43)31-35/h1-31H,32H2. The minimum absolute atomic E-state index is 0.830. The van der Waals surface area contributed by atoms with Crippen molar-refractivity contribution in [1.29, 1.82) is 0 Å². The summed E-state index contributed by atoms with van der Waals surface area (Å²) in [7, 11) is 0. The van der Waals surface area contributed by atoms with E-state index < -0.39 is 0 Å². The van der Waals surface area contributed by atoms with E-state index in [0.717, 1.165) is 6.54 Å². The molecule has 0 N–H and O–H groups in total. The van der Waals surface area contributed by atoms with E-state index in [4.69, 9.17) is 0 Å². The largest absolute Gasteiger partial charge is 0.336 e. The van der Waals surface area contributed by atoms with Gasteiger partial charge in [0.15, 0.2) is 0 Å². The topological polar surface area (TPSA) is 3.24 Å². The van der Waals surface area contributed by atoms with Gasteiger partial charge in [-0.25, -0.2) is 0 Å². The van der Waals surface area contributed by atoms with Crippen LogP contribution in [0.5, 0.6) is 0 Å². The summed E-state index contributed by atoms with van der Waals surface area (Å²) in [6, 6.07) is 69.5. The van der Waals surface area contributed by atoms with Gasteiger partial charge in [-0.1, -0.05) is 158 Å². The molecule has 11 rings (SSSR count). The second-order valence-electron chi connectivity index (χ2n) is 14.0. The third kappa shape index (κ3) is 4.36. The molecule has 1 heterocycles. The quantitative estimate of drug-likeness (QED) is 0.171. The highest BCUT2D eigenvalue weighted by molar-refractivity contribution is 6.39. The van der Waals surface area contributed by atoms with Crippen molar-refractivity contribution in [3.8, 4) is 33.4 Å². The van der Waals surface area contributed by atoms with Gasteiger partial charge >= 0.3 is 0 Å². The lowest BCUT2D eigenvalue weighted by atomic mass is 9.86. The van der Waals surface area contributed by atoms with Gasteiger partial charge in [-0.3, -0.25) is 0 Å². The second kappa shape index (κ2) is 11.4. The van der Waals surface area contributed by atoms with Gasteiger partial charge in [-0.2, -0.15) is 0 Å². The summed E-state index contributed by atoms with van der Waals surface area (Å²) in [4.78, 5) is 2.48. The van der Waals surface area contributed by atoms with Crippen molar-refractivity contribution >= 4 is 65.2 Å². The smallest absolute Gasteiger partial charge is 0.0494 e. The predicted molar refractivity (Wildman–Crippen MR) is 223 cm³/mol. The van der Waals surface area contributed by atoms with Gasteiger partial charge in [-0.15, -0.1) is 0 Å². The highest BCUT2D eigenvalue weighted by atomic mass is 15.1. The number of hydrogen-bond donors (Lipinski definition) is 0. The molecule has 0 atom stereocenters. The molecule has 242 valence electrons. The Hall–Kier alpha value is -6.70. The minimum atomic E-state index is 0.830. The number of anilines is 2. The Morgan fingerprint density at radius 1 is 0.308 bits per heavy atom. The van der Waals surface area contributed by atoms with E-state index in [0.29, 0.717) is 0 Å². The van der Waals surface area contributed by atoms with E-state index in [1.54, 1.807) is 0 Å². The van der Waals surface area contributed by atoms with Crippen LogP contribution in [0.1, 0.15) is 5.56 Å². The maximum atomic E-state index is 2.48. The molecule has 0 amide bonds. The van der Waals surface area contributed by atoms with Crippen LogP contribution in [0.25, 0.3) is 87.2 Å². The first-order valence-electron chi connectivity index (χ1n) is 18.1. The lowest BCUT2D eigenvalue weighted by Gasteiger charge is -2.33. The summed E-state index contributed by atoms with van der Waals surface area (Å²) in [5.74, 6) is 0. The Morgan fingerprint density at radius 2 is 0.827 bits per heavy atom. The van der Waals surface area contributed by atoms with Crippen LogP contribution in [-0.2, 0) is 6.54 Å². The lowest BCUT2D eigenvalue weighted by molar-refractivity contribution is 0.961. The van der Waals surface area contributed by atoms with Crippen molar-refractivity contribution in [1.82, 2.24) is 0 Å². The summed E-state index contributed by atoms with van der Waals surface area (Å²) < 4.78 is 0. The molecule has 10 aromatic carbocycles. The van der Waals surface area contributed by atoms with Gasteiger partial charge in [0.05, 0.1) is 0 Å². The van der Waals surface area contributed by atoms with Gasteiger partial charge in [0, 0.05) is 23.5 Å². The molecule has 52 heavy (non-hydrogen) atoms. The molecule has 1 aliphatic rings. The molecular weight excluding hydrogens is 627 g/mol. The average Bonchev–Trinajstić information content (AvgIpc) is 3.23. The maximum Gasteiger partial charge on any atom is 0.0494 e. The highest BCUT2D eigenvalue weighted by Crippen LogP contribution is 2.47. The molecule has 0 aromatic heterocycles. The molecule has 1 nitrogen and oxygen atoms in total. The van der Waals surface area contributed by atoms with Crippen molar-refractivity contribution in [2.75, 3.05) is 4.90 Å². The molecule has 0 saturated heterocycles. The second-order valence-corrected chi connectivity index (χ2v) is 14.0. The van der Waals surface area contributed by atoms with Gasteiger partial charge < -0.3 is 4.90 Å². The maximum absolute atomic E-state index is 2.48. The number of hydrogen-bond acceptors (Lipinski definition) is 1. The zero-order chi connectivity index (χ0) is 34.2. The zero-order valence-electron chi connectivity index (χ0n) is 28.6. The van der Waals surface area contributed by atoms with Crippen LogP contribution in [0.15, 0.2) is 188 Å². The van der Waals surface area contributed by atoms with Crippen molar-refractivity contribution in [2.45, 2.75) is 6.54 Å². The first-order chi connectivity index (χ1) is 25.8. The first-order valence-corrected chi connectivity index (χ1v) is 18.1. The molecule has 0 spiro atoms. The fourth-order valence-corrected chi connectivity index (χ4v) is 8.86. The summed E-state index contributed by atoms with van der Waals surface area (Å²) >= 11 is 0. The number of nitrogens with zero attached hydrogens (tertiary/aromatic N) is 1. The molecule has 0 saturated carbocycles. The van der Waals surface area contributed by atoms with E-state index in [1.165, 1.54) is 104 Å². The molecule has 0 radical (unpaired) electrons. The van der Waals surface area contributed by atoms with E-state index >= 15 is 0 Å². The van der Waals surface area contributed by atoms with Gasteiger partial charge in [0.1, 0.15) is 0 Å². The zero-order valence-corrected chi connectivity index (χ0v) is 28.6. The fraction of sp³-hybridized carbons (Fsp3) is 0.0196. The van der Waals surface area contributed by atoms with E-state index in [9.17, 15) is 0 Å². The fourth-order valence-electron chi connectivity index (χ4n) is 8.86. The molecule has 0 bridgehead atoms. The van der Waals surface area contributed by atoms with Crippen LogP contribution >= 0.6 is 0 Å². The van der Waals surface area contributed by atoms with Crippen LogP contribution in [-0.4, -0.2) is 0 Å².